The van der Waals surface area contributed by atoms with Crippen molar-refractivity contribution < 1.29 is 17.9 Å². The second kappa shape index (κ2) is 10.8. The smallest absolute Gasteiger partial charge is 0.261 e. The molecule has 34 heavy (non-hydrogen) atoms. The molecule has 0 aliphatic carbocycles. The number of hydrogen-bond donors (Lipinski definition) is 2. The molecule has 2 N–H and O–H groups in total. The van der Waals surface area contributed by atoms with Gasteiger partial charge in [0.05, 0.1) is 17.6 Å². The maximum atomic E-state index is 12.8. The Morgan fingerprint density at radius 2 is 1.79 bits per heavy atom. The van der Waals surface area contributed by atoms with E-state index < -0.39 is 10.0 Å². The summed E-state index contributed by atoms with van der Waals surface area (Å²) in [6.07, 6.45) is -0.128. The number of carbonyl (C=O) groups is 1. The molecule has 1 fully saturated rings. The second-order valence-corrected chi connectivity index (χ2v) is 10.1. The summed E-state index contributed by atoms with van der Waals surface area (Å²) < 4.78 is 33.9. The van der Waals surface area contributed by atoms with E-state index in [1.54, 1.807) is 24.3 Å². The number of amides is 1. The van der Waals surface area contributed by atoms with Gasteiger partial charge in [-0.05, 0) is 42.8 Å². The van der Waals surface area contributed by atoms with Gasteiger partial charge >= 0.3 is 0 Å². The van der Waals surface area contributed by atoms with Crippen LogP contribution in [0.3, 0.4) is 0 Å². The molecule has 1 aliphatic heterocycles. The van der Waals surface area contributed by atoms with Gasteiger partial charge in [-0.2, -0.15) is 0 Å². The molecule has 1 heterocycles. The third-order valence-electron chi connectivity index (χ3n) is 5.67. The molecule has 0 spiro atoms. The third kappa shape index (κ3) is 6.44. The van der Waals surface area contributed by atoms with Crippen molar-refractivity contribution in [3.05, 3.63) is 95.6 Å². The number of benzene rings is 3. The number of sulfonamides is 1. The van der Waals surface area contributed by atoms with Gasteiger partial charge in [0.2, 0.25) is 0 Å². The summed E-state index contributed by atoms with van der Waals surface area (Å²) >= 11 is 0. The minimum Gasteiger partial charge on any atom is -0.374 e. The van der Waals surface area contributed by atoms with Crippen LogP contribution in [0.4, 0.5) is 5.69 Å². The van der Waals surface area contributed by atoms with E-state index in [9.17, 15) is 13.2 Å². The quantitative estimate of drug-likeness (QED) is 0.517. The Morgan fingerprint density at radius 3 is 2.56 bits per heavy atom. The summed E-state index contributed by atoms with van der Waals surface area (Å²) in [5.41, 5.74) is 3.02. The molecule has 0 saturated carbocycles. The van der Waals surface area contributed by atoms with Crippen LogP contribution in [-0.2, 0) is 21.3 Å². The summed E-state index contributed by atoms with van der Waals surface area (Å²) in [6.45, 7) is 5.27. The maximum absolute atomic E-state index is 12.8. The number of morpholine rings is 1. The van der Waals surface area contributed by atoms with E-state index in [4.69, 9.17) is 4.74 Å². The van der Waals surface area contributed by atoms with Crippen LogP contribution in [0.1, 0.15) is 21.5 Å². The zero-order valence-electron chi connectivity index (χ0n) is 19.1. The average molecular weight is 480 g/mol. The van der Waals surface area contributed by atoms with E-state index in [2.05, 4.69) is 27.1 Å². The maximum Gasteiger partial charge on any atom is 0.261 e. The molecular formula is C26H29N3O4S. The zero-order valence-corrected chi connectivity index (χ0v) is 19.9. The number of anilines is 1. The Hall–Kier alpha value is -3.20. The van der Waals surface area contributed by atoms with Crippen LogP contribution in [0.15, 0.2) is 83.8 Å². The lowest BCUT2D eigenvalue weighted by atomic mass is 10.2. The van der Waals surface area contributed by atoms with Gasteiger partial charge < -0.3 is 10.1 Å². The number of nitrogens with zero attached hydrogens (tertiary/aromatic N) is 1. The summed E-state index contributed by atoms with van der Waals surface area (Å²) in [6, 6.07) is 23.3. The molecule has 4 rings (SSSR count). The van der Waals surface area contributed by atoms with Gasteiger partial charge in [0.25, 0.3) is 15.9 Å². The largest absolute Gasteiger partial charge is 0.374 e. The number of nitrogens with one attached hydrogen (secondary N) is 2. The van der Waals surface area contributed by atoms with E-state index in [-0.39, 0.29) is 22.5 Å². The Morgan fingerprint density at radius 1 is 1.03 bits per heavy atom. The van der Waals surface area contributed by atoms with Gasteiger partial charge in [0.15, 0.2) is 0 Å². The monoisotopic (exact) mass is 479 g/mol. The van der Waals surface area contributed by atoms with E-state index >= 15 is 0 Å². The molecular weight excluding hydrogens is 450 g/mol. The highest BCUT2D eigenvalue weighted by Gasteiger charge is 2.22. The first-order valence-corrected chi connectivity index (χ1v) is 12.7. The normalized spacial score (nSPS) is 16.7. The predicted molar refractivity (Wildman–Crippen MR) is 132 cm³/mol. The van der Waals surface area contributed by atoms with Gasteiger partial charge in [0, 0.05) is 37.4 Å². The topological polar surface area (TPSA) is 87.7 Å². The van der Waals surface area contributed by atoms with Crippen molar-refractivity contribution in [2.75, 3.05) is 31.0 Å². The van der Waals surface area contributed by atoms with Crippen LogP contribution in [0.2, 0.25) is 0 Å². The highest BCUT2D eigenvalue weighted by Crippen LogP contribution is 2.18. The molecule has 1 amide bonds. The van der Waals surface area contributed by atoms with E-state index in [0.717, 1.165) is 18.7 Å². The Bertz CT molecular complexity index is 1210. The van der Waals surface area contributed by atoms with Crippen molar-refractivity contribution in [3.8, 4) is 0 Å². The zero-order chi connectivity index (χ0) is 24.0. The molecule has 178 valence electrons. The SMILES string of the molecule is Cc1ccc(NS(=O)(=O)c2cccc(C(=O)NCC3CN(Cc4ccccc4)CCO3)c2)cc1. The molecule has 0 aromatic heterocycles. The third-order valence-corrected chi connectivity index (χ3v) is 7.05. The number of carbonyl (C=O) groups excluding carboxylic acids is 1. The molecule has 1 unspecified atom stereocenters. The molecule has 3 aromatic rings. The molecule has 1 atom stereocenters. The number of ether oxygens (including phenoxy) is 1. The summed E-state index contributed by atoms with van der Waals surface area (Å²) in [5, 5.41) is 2.88. The van der Waals surface area contributed by atoms with Crippen molar-refractivity contribution >= 4 is 21.6 Å². The van der Waals surface area contributed by atoms with Crippen LogP contribution in [0, 0.1) is 6.92 Å². The van der Waals surface area contributed by atoms with Crippen molar-refractivity contribution in [2.24, 2.45) is 0 Å². The van der Waals surface area contributed by atoms with Crippen molar-refractivity contribution in [1.29, 1.82) is 0 Å². The first-order chi connectivity index (χ1) is 16.4. The Labute approximate surface area is 200 Å². The molecule has 1 saturated heterocycles. The van der Waals surface area contributed by atoms with Crippen molar-refractivity contribution in [1.82, 2.24) is 10.2 Å². The Balaban J connectivity index is 1.34. The van der Waals surface area contributed by atoms with Crippen LogP contribution in [0.25, 0.3) is 0 Å². The minimum atomic E-state index is -3.82. The first-order valence-electron chi connectivity index (χ1n) is 11.2. The van der Waals surface area contributed by atoms with Crippen LogP contribution in [-0.4, -0.2) is 51.6 Å². The lowest BCUT2D eigenvalue weighted by molar-refractivity contribution is -0.0292. The van der Waals surface area contributed by atoms with E-state index in [1.807, 2.05) is 37.3 Å². The lowest BCUT2D eigenvalue weighted by Gasteiger charge is -2.33. The molecule has 1 aliphatic rings. The van der Waals surface area contributed by atoms with Gasteiger partial charge in [-0.3, -0.25) is 14.4 Å². The summed E-state index contributed by atoms with van der Waals surface area (Å²) in [7, 11) is -3.82. The van der Waals surface area contributed by atoms with Gasteiger partial charge in [-0.1, -0.05) is 54.1 Å². The van der Waals surface area contributed by atoms with E-state index in [0.29, 0.717) is 25.4 Å². The van der Waals surface area contributed by atoms with E-state index in [1.165, 1.54) is 17.7 Å². The standard InChI is InChI=1S/C26H29N3O4S/c1-20-10-12-23(13-11-20)28-34(31,32)25-9-5-8-22(16-25)26(30)27-17-24-19-29(14-15-33-24)18-21-6-3-2-4-7-21/h2-13,16,24,28H,14-15,17-19H2,1H3,(H,27,30). The summed E-state index contributed by atoms with van der Waals surface area (Å²) in [5.74, 6) is -0.337. The fourth-order valence-corrected chi connectivity index (χ4v) is 4.94. The van der Waals surface area contributed by atoms with Crippen LogP contribution >= 0.6 is 0 Å². The highest BCUT2D eigenvalue weighted by molar-refractivity contribution is 7.92. The molecule has 8 heteroatoms. The van der Waals surface area contributed by atoms with Crippen LogP contribution in [0.5, 0.6) is 0 Å². The average Bonchev–Trinajstić information content (AvgIpc) is 2.85. The molecule has 7 nitrogen and oxygen atoms in total. The lowest BCUT2D eigenvalue weighted by Crippen LogP contribution is -2.47. The first kappa shape index (κ1) is 23.9. The number of hydrogen-bond acceptors (Lipinski definition) is 5. The fraction of sp³-hybridized carbons (Fsp3) is 0.269. The van der Waals surface area contributed by atoms with Crippen molar-refractivity contribution in [3.63, 3.8) is 0 Å². The van der Waals surface area contributed by atoms with Crippen LogP contribution < -0.4 is 10.0 Å². The Kier molecular flexibility index (Phi) is 7.62. The van der Waals surface area contributed by atoms with Gasteiger partial charge in [-0.25, -0.2) is 8.42 Å². The number of rotatable bonds is 8. The van der Waals surface area contributed by atoms with Gasteiger partial charge in [-0.15, -0.1) is 0 Å². The van der Waals surface area contributed by atoms with Crippen molar-refractivity contribution in [2.45, 2.75) is 24.5 Å². The highest BCUT2D eigenvalue weighted by atomic mass is 32.2. The molecule has 3 aromatic carbocycles. The van der Waals surface area contributed by atoms with Gasteiger partial charge in [0.1, 0.15) is 0 Å². The minimum absolute atomic E-state index is 0.0312. The number of aryl methyl sites for hydroxylation is 1. The molecule has 0 radical (unpaired) electrons. The second-order valence-electron chi connectivity index (χ2n) is 8.42. The predicted octanol–water partition coefficient (Wildman–Crippen LogP) is 3.43. The summed E-state index contributed by atoms with van der Waals surface area (Å²) in [4.78, 5) is 15.1. The fourth-order valence-electron chi connectivity index (χ4n) is 3.84. The molecule has 0 bridgehead atoms.